The Kier molecular flexibility index (Phi) is 3.91. The molecule has 0 amide bonds. The van der Waals surface area contributed by atoms with Crippen molar-refractivity contribution < 1.29 is 4.74 Å². The van der Waals surface area contributed by atoms with Gasteiger partial charge in [-0.15, -0.1) is 0 Å². The summed E-state index contributed by atoms with van der Waals surface area (Å²) >= 11 is 0. The average Bonchev–Trinajstić information content (AvgIpc) is 3.17. The number of hydrogen-bond acceptors (Lipinski definition) is 2. The monoisotopic (exact) mass is 333 g/mol. The number of benzene rings is 2. The van der Waals surface area contributed by atoms with Gasteiger partial charge in [-0.1, -0.05) is 61.5 Å². The van der Waals surface area contributed by atoms with Crippen molar-refractivity contribution in [2.75, 3.05) is 0 Å². The van der Waals surface area contributed by atoms with Gasteiger partial charge in [-0.3, -0.25) is 4.90 Å². The van der Waals surface area contributed by atoms with Crippen LogP contribution in [-0.4, -0.2) is 23.3 Å². The summed E-state index contributed by atoms with van der Waals surface area (Å²) in [5.41, 5.74) is 4.48. The van der Waals surface area contributed by atoms with Crippen LogP contribution >= 0.6 is 0 Å². The zero-order valence-corrected chi connectivity index (χ0v) is 15.0. The second kappa shape index (κ2) is 6.26. The fourth-order valence-corrected chi connectivity index (χ4v) is 5.39. The summed E-state index contributed by atoms with van der Waals surface area (Å²) in [6.45, 7) is 2.44. The standard InChI is InChI=1S/C23H27NO/c1-16-11-14-22-24(20(16)13-12-17-7-3-2-4-8-17)23-19-10-6-5-9-18(19)15-21(23)25-22/h2-10,16,20-23H,11-15H2,1H3/t16-,20-,21-,22-,23+/m0/s1. The van der Waals surface area contributed by atoms with Crippen molar-refractivity contribution in [1.82, 2.24) is 4.90 Å². The van der Waals surface area contributed by atoms with Crippen molar-refractivity contribution in [1.29, 1.82) is 0 Å². The predicted octanol–water partition coefficient (Wildman–Crippen LogP) is 4.74. The van der Waals surface area contributed by atoms with E-state index in [1.165, 1.54) is 36.0 Å². The molecule has 0 saturated carbocycles. The number of nitrogens with zero attached hydrogens (tertiary/aromatic N) is 1. The van der Waals surface area contributed by atoms with Gasteiger partial charge in [0, 0.05) is 12.5 Å². The predicted molar refractivity (Wildman–Crippen MR) is 100 cm³/mol. The molecule has 2 aromatic rings. The van der Waals surface area contributed by atoms with Crippen molar-refractivity contribution in [2.24, 2.45) is 5.92 Å². The number of piperidine rings is 1. The topological polar surface area (TPSA) is 12.5 Å². The van der Waals surface area contributed by atoms with Gasteiger partial charge < -0.3 is 4.74 Å². The fraction of sp³-hybridized carbons (Fsp3) is 0.478. The lowest BCUT2D eigenvalue weighted by atomic mass is 9.85. The minimum Gasteiger partial charge on any atom is -0.358 e. The van der Waals surface area contributed by atoms with Gasteiger partial charge in [0.15, 0.2) is 0 Å². The maximum atomic E-state index is 6.53. The van der Waals surface area contributed by atoms with Crippen LogP contribution in [0.5, 0.6) is 0 Å². The molecule has 0 N–H and O–H groups in total. The summed E-state index contributed by atoms with van der Waals surface area (Å²) in [6, 6.07) is 21.0. The average molecular weight is 333 g/mol. The van der Waals surface area contributed by atoms with E-state index in [9.17, 15) is 0 Å². The molecule has 2 heteroatoms. The van der Waals surface area contributed by atoms with Gasteiger partial charge in [0.2, 0.25) is 0 Å². The maximum Gasteiger partial charge on any atom is 0.111 e. The Bertz CT molecular complexity index is 743. The van der Waals surface area contributed by atoms with E-state index in [2.05, 4.69) is 66.4 Å². The molecule has 0 unspecified atom stereocenters. The first-order valence-electron chi connectivity index (χ1n) is 9.86. The first-order chi connectivity index (χ1) is 12.3. The van der Waals surface area contributed by atoms with Gasteiger partial charge in [0.25, 0.3) is 0 Å². The van der Waals surface area contributed by atoms with Crippen LogP contribution in [0.15, 0.2) is 54.6 Å². The van der Waals surface area contributed by atoms with Crippen LogP contribution in [0.25, 0.3) is 0 Å². The van der Waals surface area contributed by atoms with E-state index in [4.69, 9.17) is 4.74 Å². The molecular weight excluding hydrogens is 306 g/mol. The molecule has 2 aliphatic heterocycles. The first-order valence-corrected chi connectivity index (χ1v) is 9.86. The molecule has 5 rings (SSSR count). The normalized spacial score (nSPS) is 33.7. The van der Waals surface area contributed by atoms with Crippen LogP contribution in [-0.2, 0) is 17.6 Å². The van der Waals surface area contributed by atoms with E-state index in [0.717, 1.165) is 18.8 Å². The summed E-state index contributed by atoms with van der Waals surface area (Å²) in [6.07, 6.45) is 6.68. The summed E-state index contributed by atoms with van der Waals surface area (Å²) in [4.78, 5) is 2.76. The number of aryl methyl sites for hydroxylation is 1. The van der Waals surface area contributed by atoms with Crippen molar-refractivity contribution in [3.63, 3.8) is 0 Å². The van der Waals surface area contributed by atoms with Gasteiger partial charge in [0.1, 0.15) is 6.23 Å². The Morgan fingerprint density at radius 1 is 1.00 bits per heavy atom. The highest BCUT2D eigenvalue weighted by Crippen LogP contribution is 2.50. The largest absolute Gasteiger partial charge is 0.358 e. The molecular formula is C23H27NO. The third kappa shape index (κ3) is 2.63. The SMILES string of the molecule is C[C@H]1CC[C@@H]2O[C@H]3Cc4ccccc4[C@H]3N2[C@H]1CCc1ccccc1. The molecule has 0 spiro atoms. The Hall–Kier alpha value is -1.64. The molecule has 0 radical (unpaired) electrons. The molecule has 3 aliphatic rings. The highest BCUT2D eigenvalue weighted by Gasteiger charge is 2.52. The fourth-order valence-electron chi connectivity index (χ4n) is 5.39. The second-order valence-corrected chi connectivity index (χ2v) is 8.07. The molecule has 25 heavy (non-hydrogen) atoms. The Morgan fingerprint density at radius 2 is 1.80 bits per heavy atom. The molecule has 5 atom stereocenters. The number of hydrogen-bond donors (Lipinski definition) is 0. The lowest BCUT2D eigenvalue weighted by Crippen LogP contribution is -2.48. The Morgan fingerprint density at radius 3 is 2.68 bits per heavy atom. The van der Waals surface area contributed by atoms with E-state index in [0.29, 0.717) is 24.4 Å². The molecule has 0 bridgehead atoms. The van der Waals surface area contributed by atoms with Crippen LogP contribution in [0.4, 0.5) is 0 Å². The first kappa shape index (κ1) is 15.6. The third-order valence-corrected chi connectivity index (χ3v) is 6.61. The van der Waals surface area contributed by atoms with Crippen LogP contribution in [0.1, 0.15) is 48.9 Å². The quantitative estimate of drug-likeness (QED) is 0.804. The summed E-state index contributed by atoms with van der Waals surface area (Å²) in [5, 5.41) is 0. The van der Waals surface area contributed by atoms with Crippen LogP contribution < -0.4 is 0 Å². The summed E-state index contributed by atoms with van der Waals surface area (Å²) in [5.74, 6) is 0.745. The van der Waals surface area contributed by atoms with E-state index in [1.54, 1.807) is 0 Å². The lowest BCUT2D eigenvalue weighted by Gasteiger charge is -2.43. The third-order valence-electron chi connectivity index (χ3n) is 6.61. The van der Waals surface area contributed by atoms with Crippen molar-refractivity contribution in [3.05, 3.63) is 71.3 Å². The molecule has 2 heterocycles. The van der Waals surface area contributed by atoms with Crippen LogP contribution in [0.2, 0.25) is 0 Å². The molecule has 0 aromatic heterocycles. The highest BCUT2D eigenvalue weighted by molar-refractivity contribution is 5.38. The molecule has 2 saturated heterocycles. The highest BCUT2D eigenvalue weighted by atomic mass is 16.5. The summed E-state index contributed by atoms with van der Waals surface area (Å²) < 4.78 is 6.53. The lowest BCUT2D eigenvalue weighted by molar-refractivity contribution is -0.0607. The van der Waals surface area contributed by atoms with Crippen LogP contribution in [0, 0.1) is 5.92 Å². The van der Waals surface area contributed by atoms with E-state index < -0.39 is 0 Å². The van der Waals surface area contributed by atoms with Gasteiger partial charge in [-0.2, -0.15) is 0 Å². The van der Waals surface area contributed by atoms with E-state index >= 15 is 0 Å². The number of rotatable bonds is 3. The number of ether oxygens (including phenoxy) is 1. The second-order valence-electron chi connectivity index (χ2n) is 8.07. The van der Waals surface area contributed by atoms with E-state index in [1.807, 2.05) is 0 Å². The maximum absolute atomic E-state index is 6.53. The molecule has 2 nitrogen and oxygen atoms in total. The zero-order valence-electron chi connectivity index (χ0n) is 15.0. The van der Waals surface area contributed by atoms with E-state index in [-0.39, 0.29) is 0 Å². The smallest absolute Gasteiger partial charge is 0.111 e. The minimum atomic E-state index is 0.334. The van der Waals surface area contributed by atoms with Gasteiger partial charge in [-0.05, 0) is 48.3 Å². The molecule has 2 aromatic carbocycles. The van der Waals surface area contributed by atoms with Crippen molar-refractivity contribution in [2.45, 2.75) is 63.4 Å². The van der Waals surface area contributed by atoms with Gasteiger partial charge >= 0.3 is 0 Å². The minimum absolute atomic E-state index is 0.334. The van der Waals surface area contributed by atoms with Gasteiger partial charge in [-0.25, -0.2) is 0 Å². The van der Waals surface area contributed by atoms with Crippen molar-refractivity contribution >= 4 is 0 Å². The molecule has 1 aliphatic carbocycles. The molecule has 130 valence electrons. The summed E-state index contributed by atoms with van der Waals surface area (Å²) in [7, 11) is 0. The van der Waals surface area contributed by atoms with Crippen molar-refractivity contribution in [3.8, 4) is 0 Å². The number of fused-ring (bicyclic) bond motifs is 5. The zero-order chi connectivity index (χ0) is 16.8. The molecule has 2 fully saturated rings. The van der Waals surface area contributed by atoms with Gasteiger partial charge in [0.05, 0.1) is 12.1 Å². The Labute approximate surface area is 150 Å². The van der Waals surface area contributed by atoms with Crippen LogP contribution in [0.3, 0.4) is 0 Å². The Balaban J connectivity index is 1.42.